The average molecular weight is 373 g/mol. The van der Waals surface area contributed by atoms with Gasteiger partial charge in [0, 0.05) is 45.2 Å². The summed E-state index contributed by atoms with van der Waals surface area (Å²) in [6.45, 7) is 5.59. The van der Waals surface area contributed by atoms with E-state index >= 15 is 0 Å². The van der Waals surface area contributed by atoms with Gasteiger partial charge in [-0.3, -0.25) is 14.4 Å². The molecule has 1 aromatic rings. The molecule has 0 atom stereocenters. The van der Waals surface area contributed by atoms with E-state index in [1.807, 2.05) is 36.1 Å². The first-order valence-corrected chi connectivity index (χ1v) is 9.52. The minimum Gasteiger partial charge on any atom is -0.484 e. The molecular formula is C20H27N3O4. The zero-order valence-corrected chi connectivity index (χ0v) is 15.8. The predicted molar refractivity (Wildman–Crippen MR) is 100 cm³/mol. The largest absolute Gasteiger partial charge is 0.484 e. The first kappa shape index (κ1) is 19.2. The van der Waals surface area contributed by atoms with Crippen LogP contribution in [0.25, 0.3) is 0 Å². The van der Waals surface area contributed by atoms with Gasteiger partial charge in [0.2, 0.25) is 12.3 Å². The highest BCUT2D eigenvalue weighted by atomic mass is 16.5. The minimum absolute atomic E-state index is 0.0231. The Hall–Kier alpha value is -2.57. The van der Waals surface area contributed by atoms with Crippen molar-refractivity contribution in [1.29, 1.82) is 0 Å². The summed E-state index contributed by atoms with van der Waals surface area (Å²) in [6.07, 6.45) is 2.20. The number of nitrogens with zero attached hydrogens (tertiary/aromatic N) is 3. The summed E-state index contributed by atoms with van der Waals surface area (Å²) in [5, 5.41) is 0. The lowest BCUT2D eigenvalue weighted by Gasteiger charge is -2.37. The molecule has 0 saturated carbocycles. The molecule has 0 spiro atoms. The molecule has 2 heterocycles. The minimum atomic E-state index is -0.0407. The van der Waals surface area contributed by atoms with Crippen LogP contribution in [0, 0.1) is 12.8 Å². The number of ether oxygens (including phenoxy) is 1. The Morgan fingerprint density at radius 2 is 1.63 bits per heavy atom. The van der Waals surface area contributed by atoms with Crippen LogP contribution < -0.4 is 4.74 Å². The molecule has 0 unspecified atom stereocenters. The topological polar surface area (TPSA) is 70.2 Å². The Kier molecular flexibility index (Phi) is 6.32. The molecule has 0 bridgehead atoms. The third-order valence-electron chi connectivity index (χ3n) is 5.36. The number of amides is 3. The van der Waals surface area contributed by atoms with Crippen LogP contribution in [0.3, 0.4) is 0 Å². The van der Waals surface area contributed by atoms with Crippen molar-refractivity contribution in [2.45, 2.75) is 19.8 Å². The number of carbonyl (C=O) groups is 3. The molecule has 2 fully saturated rings. The van der Waals surface area contributed by atoms with Crippen LogP contribution in [-0.4, -0.2) is 78.8 Å². The van der Waals surface area contributed by atoms with Crippen molar-refractivity contribution in [3.63, 3.8) is 0 Å². The van der Waals surface area contributed by atoms with Crippen molar-refractivity contribution in [1.82, 2.24) is 14.7 Å². The summed E-state index contributed by atoms with van der Waals surface area (Å²) in [7, 11) is 0. The van der Waals surface area contributed by atoms with Crippen molar-refractivity contribution in [2.75, 3.05) is 45.9 Å². The number of piperazine rings is 1. The lowest BCUT2D eigenvalue weighted by molar-refractivity contribution is -0.143. The summed E-state index contributed by atoms with van der Waals surface area (Å²) < 4.78 is 5.57. The van der Waals surface area contributed by atoms with Crippen molar-refractivity contribution in [3.8, 4) is 5.75 Å². The zero-order valence-electron chi connectivity index (χ0n) is 15.8. The maximum Gasteiger partial charge on any atom is 0.260 e. The van der Waals surface area contributed by atoms with E-state index in [1.54, 1.807) is 9.80 Å². The van der Waals surface area contributed by atoms with Crippen LogP contribution in [-0.2, 0) is 14.4 Å². The van der Waals surface area contributed by atoms with E-state index in [0.717, 1.165) is 12.0 Å². The summed E-state index contributed by atoms with van der Waals surface area (Å²) in [5.41, 5.74) is 1.15. The molecule has 7 heteroatoms. The first-order valence-electron chi connectivity index (χ1n) is 9.52. The van der Waals surface area contributed by atoms with Gasteiger partial charge in [0.1, 0.15) is 5.75 Å². The average Bonchev–Trinajstić information content (AvgIpc) is 2.73. The highest BCUT2D eigenvalue weighted by Crippen LogP contribution is 2.21. The molecule has 0 radical (unpaired) electrons. The molecule has 1 aromatic carbocycles. The molecule has 0 N–H and O–H groups in total. The Bertz CT molecular complexity index is 660. The molecule has 27 heavy (non-hydrogen) atoms. The van der Waals surface area contributed by atoms with Crippen LogP contribution in [0.2, 0.25) is 0 Å². The van der Waals surface area contributed by atoms with E-state index < -0.39 is 0 Å². The molecular weight excluding hydrogens is 346 g/mol. The van der Waals surface area contributed by atoms with Crippen molar-refractivity contribution < 1.29 is 19.1 Å². The van der Waals surface area contributed by atoms with Gasteiger partial charge in [-0.2, -0.15) is 0 Å². The second-order valence-electron chi connectivity index (χ2n) is 7.22. The summed E-state index contributed by atoms with van der Waals surface area (Å²) in [4.78, 5) is 41.1. The molecule has 0 aliphatic carbocycles. The van der Waals surface area contributed by atoms with E-state index in [-0.39, 0.29) is 24.3 Å². The van der Waals surface area contributed by atoms with Crippen LogP contribution in [0.4, 0.5) is 0 Å². The van der Waals surface area contributed by atoms with Crippen LogP contribution in [0.1, 0.15) is 18.4 Å². The number of benzene rings is 1. The Balaban J connectivity index is 1.41. The zero-order chi connectivity index (χ0) is 19.2. The molecule has 2 aliphatic rings. The van der Waals surface area contributed by atoms with E-state index in [9.17, 15) is 14.4 Å². The molecule has 3 amide bonds. The highest BCUT2D eigenvalue weighted by Gasteiger charge is 2.31. The molecule has 0 aromatic heterocycles. The lowest BCUT2D eigenvalue weighted by atomic mass is 9.95. The van der Waals surface area contributed by atoms with E-state index in [4.69, 9.17) is 4.74 Å². The van der Waals surface area contributed by atoms with Gasteiger partial charge in [-0.05, 0) is 31.9 Å². The van der Waals surface area contributed by atoms with Crippen LogP contribution >= 0.6 is 0 Å². The van der Waals surface area contributed by atoms with Crippen LogP contribution in [0.5, 0.6) is 5.75 Å². The highest BCUT2D eigenvalue weighted by molar-refractivity contribution is 5.81. The number of hydrogen-bond acceptors (Lipinski definition) is 4. The second kappa shape index (κ2) is 8.88. The molecule has 3 rings (SSSR count). The van der Waals surface area contributed by atoms with Gasteiger partial charge in [0.15, 0.2) is 6.61 Å². The number of carbonyl (C=O) groups excluding carboxylic acids is 3. The fourth-order valence-electron chi connectivity index (χ4n) is 3.55. The Labute approximate surface area is 159 Å². The Morgan fingerprint density at radius 3 is 2.22 bits per heavy atom. The summed E-state index contributed by atoms with van der Waals surface area (Å²) in [6, 6.07) is 7.62. The number of hydrogen-bond donors (Lipinski definition) is 0. The first-order chi connectivity index (χ1) is 13.1. The standard InChI is InChI=1S/C20H27N3O4/c1-16-2-4-18(5-3-16)27-14-19(25)22-8-6-17(7-9-22)20(26)23-12-10-21(15-24)11-13-23/h2-5,15,17H,6-14H2,1H3. The number of rotatable bonds is 5. The maximum atomic E-state index is 12.7. The fourth-order valence-corrected chi connectivity index (χ4v) is 3.55. The number of piperidine rings is 1. The van der Waals surface area contributed by atoms with E-state index in [0.29, 0.717) is 57.9 Å². The van der Waals surface area contributed by atoms with E-state index in [2.05, 4.69) is 0 Å². The maximum absolute atomic E-state index is 12.7. The van der Waals surface area contributed by atoms with Gasteiger partial charge < -0.3 is 19.4 Å². The van der Waals surface area contributed by atoms with Gasteiger partial charge in [-0.1, -0.05) is 17.7 Å². The summed E-state index contributed by atoms with van der Waals surface area (Å²) in [5.74, 6) is 0.771. The van der Waals surface area contributed by atoms with E-state index in [1.165, 1.54) is 0 Å². The second-order valence-corrected chi connectivity index (χ2v) is 7.22. The SMILES string of the molecule is Cc1ccc(OCC(=O)N2CCC(C(=O)N3CCN(C=O)CC3)CC2)cc1. The van der Waals surface area contributed by atoms with Crippen molar-refractivity contribution in [3.05, 3.63) is 29.8 Å². The van der Waals surface area contributed by atoms with Crippen molar-refractivity contribution >= 4 is 18.2 Å². The van der Waals surface area contributed by atoms with Gasteiger partial charge in [0.05, 0.1) is 0 Å². The third kappa shape index (κ3) is 4.99. The molecule has 7 nitrogen and oxygen atoms in total. The number of aryl methyl sites for hydroxylation is 1. The number of likely N-dealkylation sites (tertiary alicyclic amines) is 1. The summed E-state index contributed by atoms with van der Waals surface area (Å²) >= 11 is 0. The smallest absolute Gasteiger partial charge is 0.260 e. The quantitative estimate of drug-likeness (QED) is 0.720. The van der Waals surface area contributed by atoms with Crippen molar-refractivity contribution in [2.24, 2.45) is 5.92 Å². The molecule has 146 valence electrons. The van der Waals surface area contributed by atoms with Gasteiger partial charge in [-0.15, -0.1) is 0 Å². The predicted octanol–water partition coefficient (Wildman–Crippen LogP) is 0.913. The van der Waals surface area contributed by atoms with Crippen LogP contribution in [0.15, 0.2) is 24.3 Å². The monoisotopic (exact) mass is 373 g/mol. The Morgan fingerprint density at radius 1 is 1.00 bits per heavy atom. The van der Waals surface area contributed by atoms with Gasteiger partial charge in [-0.25, -0.2) is 0 Å². The normalized spacial score (nSPS) is 18.3. The molecule has 2 saturated heterocycles. The fraction of sp³-hybridized carbons (Fsp3) is 0.550. The third-order valence-corrected chi connectivity index (χ3v) is 5.36. The van der Waals surface area contributed by atoms with Gasteiger partial charge >= 0.3 is 0 Å². The van der Waals surface area contributed by atoms with Gasteiger partial charge in [0.25, 0.3) is 5.91 Å². The lowest BCUT2D eigenvalue weighted by Crippen LogP contribution is -2.51. The molecule has 2 aliphatic heterocycles.